The van der Waals surface area contributed by atoms with Crippen LogP contribution >= 0.6 is 0 Å². The zero-order valence-electron chi connectivity index (χ0n) is 12.0. The third kappa shape index (κ3) is 4.58. The van der Waals surface area contributed by atoms with Crippen LogP contribution in [0.3, 0.4) is 0 Å². The molecule has 1 atom stereocenters. The number of hydrogen-bond donors (Lipinski definition) is 1. The lowest BCUT2D eigenvalue weighted by Gasteiger charge is -2.23. The van der Waals surface area contributed by atoms with E-state index in [2.05, 4.69) is 4.98 Å². The van der Waals surface area contributed by atoms with E-state index in [1.54, 1.807) is 18.2 Å². The number of ether oxygens (including phenoxy) is 1. The molecule has 0 saturated heterocycles. The van der Waals surface area contributed by atoms with Crippen LogP contribution < -0.4 is 5.73 Å². The van der Waals surface area contributed by atoms with Crippen LogP contribution in [0.1, 0.15) is 25.0 Å². The first-order valence-corrected chi connectivity index (χ1v) is 7.13. The zero-order chi connectivity index (χ0) is 14.4. The van der Waals surface area contributed by atoms with Crippen LogP contribution in [0.2, 0.25) is 0 Å². The van der Waals surface area contributed by atoms with E-state index in [0.717, 1.165) is 18.5 Å². The Bertz CT molecular complexity index is 420. The maximum Gasteiger partial charge on any atom is 0.224 e. The van der Waals surface area contributed by atoms with Gasteiger partial charge in [0.2, 0.25) is 5.91 Å². The topological polar surface area (TPSA) is 68.5 Å². The molecule has 1 aromatic rings. The third-order valence-electron chi connectivity index (χ3n) is 3.63. The Hall–Kier alpha value is -1.46. The van der Waals surface area contributed by atoms with Crippen molar-refractivity contribution in [1.29, 1.82) is 0 Å². The van der Waals surface area contributed by atoms with Crippen LogP contribution in [-0.4, -0.2) is 42.1 Å². The Kier molecular flexibility index (Phi) is 5.49. The van der Waals surface area contributed by atoms with E-state index in [1.165, 1.54) is 0 Å². The van der Waals surface area contributed by atoms with Gasteiger partial charge in [0.1, 0.15) is 0 Å². The van der Waals surface area contributed by atoms with Crippen LogP contribution in [0, 0.1) is 5.92 Å². The van der Waals surface area contributed by atoms with Crippen molar-refractivity contribution in [3.05, 3.63) is 30.1 Å². The number of carbonyl (C=O) groups excluding carboxylic acids is 1. The number of amides is 1. The van der Waals surface area contributed by atoms with Crippen molar-refractivity contribution in [3.63, 3.8) is 0 Å². The van der Waals surface area contributed by atoms with Gasteiger partial charge in [0.05, 0.1) is 18.8 Å². The second-order valence-corrected chi connectivity index (χ2v) is 5.33. The van der Waals surface area contributed by atoms with Gasteiger partial charge in [-0.3, -0.25) is 9.78 Å². The highest BCUT2D eigenvalue weighted by molar-refractivity contribution is 5.76. The first-order chi connectivity index (χ1) is 9.70. The minimum absolute atomic E-state index is 0.00345. The van der Waals surface area contributed by atoms with Crippen LogP contribution in [0.25, 0.3) is 0 Å². The highest BCUT2D eigenvalue weighted by Crippen LogP contribution is 2.33. The molecule has 1 aliphatic carbocycles. The van der Waals surface area contributed by atoms with E-state index in [9.17, 15) is 4.79 Å². The molecule has 1 aromatic heterocycles. The van der Waals surface area contributed by atoms with E-state index in [-0.39, 0.29) is 11.9 Å². The molecule has 5 nitrogen and oxygen atoms in total. The summed E-state index contributed by atoms with van der Waals surface area (Å²) in [6.45, 7) is 1.61. The minimum atomic E-state index is -0.00345. The molecule has 1 saturated carbocycles. The van der Waals surface area contributed by atoms with Gasteiger partial charge >= 0.3 is 0 Å². The summed E-state index contributed by atoms with van der Waals surface area (Å²) in [7, 11) is 1.64. The maximum absolute atomic E-state index is 12.4. The molecule has 0 aromatic carbocycles. The van der Waals surface area contributed by atoms with E-state index in [4.69, 9.17) is 10.5 Å². The second-order valence-electron chi connectivity index (χ2n) is 5.33. The van der Waals surface area contributed by atoms with Crippen molar-refractivity contribution in [2.75, 3.05) is 20.3 Å². The lowest BCUT2D eigenvalue weighted by Crippen LogP contribution is -2.38. The summed E-state index contributed by atoms with van der Waals surface area (Å²) >= 11 is 0. The summed E-state index contributed by atoms with van der Waals surface area (Å²) in [4.78, 5) is 18.4. The predicted octanol–water partition coefficient (Wildman–Crippen LogP) is 1.18. The van der Waals surface area contributed by atoms with Gasteiger partial charge in [-0.1, -0.05) is 6.07 Å². The predicted molar refractivity (Wildman–Crippen MR) is 76.8 cm³/mol. The lowest BCUT2D eigenvalue weighted by molar-refractivity contribution is -0.133. The highest BCUT2D eigenvalue weighted by Gasteiger charge is 2.31. The standard InChI is InChI=1S/C15H23N3O2/c1-20-9-8-18(11-13-4-2-3-7-17-13)15(19)10-14(16)12-5-6-12/h2-4,7,12,14H,5-6,8-11,16H2,1H3. The van der Waals surface area contributed by atoms with Crippen LogP contribution in [-0.2, 0) is 16.1 Å². The minimum Gasteiger partial charge on any atom is -0.383 e. The molecule has 0 spiro atoms. The first-order valence-electron chi connectivity index (χ1n) is 7.13. The number of nitrogens with two attached hydrogens (primary N) is 1. The molecular formula is C15H23N3O2. The molecular weight excluding hydrogens is 254 g/mol. The lowest BCUT2D eigenvalue weighted by atomic mass is 10.1. The Morgan fingerprint density at radius 1 is 1.55 bits per heavy atom. The van der Waals surface area contributed by atoms with Gasteiger partial charge in [-0.15, -0.1) is 0 Å². The molecule has 0 bridgehead atoms. The van der Waals surface area contributed by atoms with Crippen molar-refractivity contribution >= 4 is 5.91 Å². The van der Waals surface area contributed by atoms with Crippen molar-refractivity contribution in [1.82, 2.24) is 9.88 Å². The van der Waals surface area contributed by atoms with Crippen molar-refractivity contribution in [2.24, 2.45) is 11.7 Å². The molecule has 1 aliphatic rings. The van der Waals surface area contributed by atoms with Crippen LogP contribution in [0.4, 0.5) is 0 Å². The fraction of sp³-hybridized carbons (Fsp3) is 0.600. The Balaban J connectivity index is 1.92. The van der Waals surface area contributed by atoms with Gasteiger partial charge in [-0.25, -0.2) is 0 Å². The summed E-state index contributed by atoms with van der Waals surface area (Å²) < 4.78 is 5.08. The summed E-state index contributed by atoms with van der Waals surface area (Å²) in [6, 6.07) is 5.72. The van der Waals surface area contributed by atoms with E-state index in [0.29, 0.717) is 32.0 Å². The van der Waals surface area contributed by atoms with E-state index < -0.39 is 0 Å². The SMILES string of the molecule is COCCN(Cc1ccccn1)C(=O)CC(N)C1CC1. The fourth-order valence-electron chi connectivity index (χ4n) is 2.20. The van der Waals surface area contributed by atoms with Gasteiger partial charge in [0, 0.05) is 32.3 Å². The van der Waals surface area contributed by atoms with Crippen molar-refractivity contribution in [3.8, 4) is 0 Å². The molecule has 1 unspecified atom stereocenters. The van der Waals surface area contributed by atoms with Crippen molar-refractivity contribution < 1.29 is 9.53 Å². The summed E-state index contributed by atoms with van der Waals surface area (Å²) in [5.41, 5.74) is 6.93. The third-order valence-corrected chi connectivity index (χ3v) is 3.63. The normalized spacial score (nSPS) is 15.9. The van der Waals surface area contributed by atoms with Gasteiger partial charge < -0.3 is 15.4 Å². The zero-order valence-corrected chi connectivity index (χ0v) is 12.0. The van der Waals surface area contributed by atoms with Gasteiger partial charge in [-0.05, 0) is 30.9 Å². The molecule has 20 heavy (non-hydrogen) atoms. The van der Waals surface area contributed by atoms with Crippen molar-refractivity contribution in [2.45, 2.75) is 31.8 Å². The Morgan fingerprint density at radius 3 is 2.95 bits per heavy atom. The summed E-state index contributed by atoms with van der Waals surface area (Å²) in [5, 5.41) is 0. The molecule has 2 N–H and O–H groups in total. The number of aromatic nitrogens is 1. The molecule has 1 fully saturated rings. The Labute approximate surface area is 120 Å². The largest absolute Gasteiger partial charge is 0.383 e. The number of methoxy groups -OCH3 is 1. The van der Waals surface area contributed by atoms with Gasteiger partial charge in [0.25, 0.3) is 0 Å². The number of pyridine rings is 1. The van der Waals surface area contributed by atoms with Crippen LogP contribution in [0.5, 0.6) is 0 Å². The fourth-order valence-corrected chi connectivity index (χ4v) is 2.20. The van der Waals surface area contributed by atoms with Gasteiger partial charge in [0.15, 0.2) is 0 Å². The molecule has 2 rings (SSSR count). The molecule has 0 aliphatic heterocycles. The summed E-state index contributed by atoms with van der Waals surface area (Å²) in [6.07, 6.45) is 4.48. The maximum atomic E-state index is 12.4. The first kappa shape index (κ1) is 14.9. The average Bonchev–Trinajstić information content (AvgIpc) is 3.29. The molecule has 5 heteroatoms. The molecule has 0 radical (unpaired) electrons. The van der Waals surface area contributed by atoms with Crippen LogP contribution in [0.15, 0.2) is 24.4 Å². The second kappa shape index (κ2) is 7.36. The quantitative estimate of drug-likeness (QED) is 0.775. The summed E-state index contributed by atoms with van der Waals surface area (Å²) in [5.74, 6) is 0.630. The average molecular weight is 277 g/mol. The number of nitrogens with zero attached hydrogens (tertiary/aromatic N) is 2. The molecule has 110 valence electrons. The van der Waals surface area contributed by atoms with E-state index >= 15 is 0 Å². The van der Waals surface area contributed by atoms with Gasteiger partial charge in [-0.2, -0.15) is 0 Å². The number of hydrogen-bond acceptors (Lipinski definition) is 4. The highest BCUT2D eigenvalue weighted by atomic mass is 16.5. The number of carbonyl (C=O) groups is 1. The van der Waals surface area contributed by atoms with E-state index in [1.807, 2.05) is 18.2 Å². The Morgan fingerprint density at radius 2 is 2.35 bits per heavy atom. The monoisotopic (exact) mass is 277 g/mol. The smallest absolute Gasteiger partial charge is 0.224 e. The molecule has 1 amide bonds. The molecule has 1 heterocycles. The number of rotatable bonds is 8.